The Balaban J connectivity index is 1.75. The normalized spacial score (nSPS) is 16.3. The maximum Gasteiger partial charge on any atom is 0.374 e. The van der Waals surface area contributed by atoms with E-state index in [0.717, 1.165) is 44.0 Å². The molecule has 0 amide bonds. The summed E-state index contributed by atoms with van der Waals surface area (Å²) >= 11 is 0. The van der Waals surface area contributed by atoms with E-state index in [1.54, 1.807) is 7.05 Å². The Labute approximate surface area is 126 Å². The number of ether oxygens (including phenoxy) is 1. The lowest BCUT2D eigenvalue weighted by atomic mass is 10.4. The molecule has 0 radical (unpaired) electrons. The Bertz CT molecular complexity index is 783. The zero-order valence-corrected chi connectivity index (χ0v) is 12.9. The minimum Gasteiger partial charge on any atom is -0.370 e. The highest BCUT2D eigenvalue weighted by Gasteiger charge is 2.19. The summed E-state index contributed by atoms with van der Waals surface area (Å²) < 4.78 is 7.84. The van der Waals surface area contributed by atoms with Crippen LogP contribution in [0.3, 0.4) is 0 Å². The van der Waals surface area contributed by atoms with E-state index in [9.17, 15) is 9.59 Å². The number of anilines is 1. The molecule has 1 aliphatic heterocycles. The smallest absolute Gasteiger partial charge is 0.370 e. The number of H-pyrrole nitrogens is 2. The summed E-state index contributed by atoms with van der Waals surface area (Å²) in [5, 5.41) is 3.24. The number of nitrogens with zero attached hydrogens (tertiary/aromatic N) is 2. The van der Waals surface area contributed by atoms with Gasteiger partial charge in [0.25, 0.3) is 5.56 Å². The second-order valence-corrected chi connectivity index (χ2v) is 5.59. The zero-order chi connectivity index (χ0) is 15.7. The molecule has 9 nitrogen and oxygen atoms in total. The van der Waals surface area contributed by atoms with Gasteiger partial charge in [0.05, 0.1) is 20.3 Å². The van der Waals surface area contributed by atoms with Crippen LogP contribution in [-0.2, 0) is 18.8 Å². The first-order chi connectivity index (χ1) is 10.6. The Hall–Kier alpha value is -2.13. The minimum atomic E-state index is -0.350. The fraction of sp³-hybridized carbons (Fsp3) is 0.615. The van der Waals surface area contributed by atoms with Gasteiger partial charge in [-0.2, -0.15) is 0 Å². The molecule has 0 saturated carbocycles. The number of hydrogen-bond donors (Lipinski definition) is 3. The number of aromatic amines is 2. The van der Waals surface area contributed by atoms with E-state index in [0.29, 0.717) is 17.1 Å². The van der Waals surface area contributed by atoms with Gasteiger partial charge in [0.2, 0.25) is 11.2 Å². The second-order valence-electron chi connectivity index (χ2n) is 5.59. The van der Waals surface area contributed by atoms with Crippen molar-refractivity contribution in [1.82, 2.24) is 14.1 Å². The van der Waals surface area contributed by atoms with Crippen molar-refractivity contribution in [3.05, 3.63) is 20.8 Å². The van der Waals surface area contributed by atoms with Crippen LogP contribution in [0.25, 0.3) is 11.2 Å². The Morgan fingerprint density at radius 2 is 2.00 bits per heavy atom. The second kappa shape index (κ2) is 5.93. The van der Waals surface area contributed by atoms with Gasteiger partial charge in [0.1, 0.15) is 26.2 Å². The summed E-state index contributed by atoms with van der Waals surface area (Å²) in [4.78, 5) is 31.6. The topological polar surface area (TPSA) is 99.6 Å². The van der Waals surface area contributed by atoms with Crippen molar-refractivity contribution < 1.29 is 14.6 Å². The van der Waals surface area contributed by atoms with Crippen molar-refractivity contribution in [3.8, 4) is 0 Å². The molecule has 2 aromatic heterocycles. The summed E-state index contributed by atoms with van der Waals surface area (Å²) in [6, 6.07) is 0. The van der Waals surface area contributed by atoms with Crippen LogP contribution in [0.2, 0.25) is 0 Å². The summed E-state index contributed by atoms with van der Waals surface area (Å²) in [5.74, 6) is 0.640. The Morgan fingerprint density at radius 3 is 2.73 bits per heavy atom. The largest absolute Gasteiger partial charge is 0.374 e. The molecule has 1 saturated heterocycles. The molecule has 0 aromatic carbocycles. The van der Waals surface area contributed by atoms with Gasteiger partial charge in [0, 0.05) is 7.05 Å². The summed E-state index contributed by atoms with van der Waals surface area (Å²) in [6.45, 7) is 5.41. The van der Waals surface area contributed by atoms with Gasteiger partial charge < -0.3 is 9.64 Å². The first-order valence-corrected chi connectivity index (χ1v) is 7.44. The van der Waals surface area contributed by atoms with Crippen molar-refractivity contribution in [2.45, 2.75) is 0 Å². The van der Waals surface area contributed by atoms with E-state index in [-0.39, 0.29) is 11.2 Å². The lowest BCUT2D eigenvalue weighted by Gasteiger charge is -2.23. The van der Waals surface area contributed by atoms with Crippen molar-refractivity contribution in [2.75, 3.05) is 44.7 Å². The van der Waals surface area contributed by atoms with Crippen LogP contribution in [0, 0.1) is 0 Å². The predicted molar refractivity (Wildman–Crippen MR) is 80.2 cm³/mol. The van der Waals surface area contributed by atoms with E-state index < -0.39 is 0 Å². The number of imidazole rings is 1. The molecule has 1 fully saturated rings. The molecule has 22 heavy (non-hydrogen) atoms. The highest BCUT2D eigenvalue weighted by atomic mass is 16.5. The third-order valence-corrected chi connectivity index (χ3v) is 4.14. The van der Waals surface area contributed by atoms with Crippen LogP contribution >= 0.6 is 0 Å². The third-order valence-electron chi connectivity index (χ3n) is 4.14. The summed E-state index contributed by atoms with van der Waals surface area (Å²) in [6.07, 6.45) is 0. The molecule has 0 spiro atoms. The molecular formula is C13H22N6O3+2. The average Bonchev–Trinajstić information content (AvgIpc) is 2.96. The lowest BCUT2D eigenvalue weighted by Crippen LogP contribution is -3.14. The van der Waals surface area contributed by atoms with Crippen LogP contribution in [-0.4, -0.2) is 53.5 Å². The maximum absolute atomic E-state index is 12.1. The highest BCUT2D eigenvalue weighted by Crippen LogP contribution is 2.01. The van der Waals surface area contributed by atoms with Crippen LogP contribution in [0.5, 0.6) is 0 Å². The minimum absolute atomic E-state index is 0.332. The van der Waals surface area contributed by atoms with Gasteiger partial charge in [0.15, 0.2) is 0 Å². The molecule has 2 aromatic rings. The highest BCUT2D eigenvalue weighted by molar-refractivity contribution is 5.67. The van der Waals surface area contributed by atoms with Crippen molar-refractivity contribution in [2.24, 2.45) is 14.1 Å². The fourth-order valence-electron chi connectivity index (χ4n) is 2.74. The lowest BCUT2D eigenvalue weighted by molar-refractivity contribution is -0.906. The average molecular weight is 310 g/mol. The molecule has 3 rings (SSSR count). The van der Waals surface area contributed by atoms with Gasteiger partial charge >= 0.3 is 11.6 Å². The monoisotopic (exact) mass is 310 g/mol. The first kappa shape index (κ1) is 14.8. The molecular weight excluding hydrogens is 288 g/mol. The molecule has 9 heteroatoms. The van der Waals surface area contributed by atoms with Gasteiger partial charge in [-0.3, -0.25) is 19.7 Å². The number of rotatable bonds is 4. The van der Waals surface area contributed by atoms with E-state index in [1.807, 2.05) is 0 Å². The number of hydrogen-bond acceptors (Lipinski definition) is 4. The van der Waals surface area contributed by atoms with Crippen LogP contribution in [0.4, 0.5) is 5.95 Å². The quantitative estimate of drug-likeness (QED) is 0.551. The molecule has 1 aliphatic rings. The number of quaternary nitrogens is 1. The van der Waals surface area contributed by atoms with Crippen LogP contribution < -0.4 is 26.4 Å². The number of aromatic nitrogens is 4. The van der Waals surface area contributed by atoms with Crippen molar-refractivity contribution in [1.29, 1.82) is 0 Å². The summed E-state index contributed by atoms with van der Waals surface area (Å²) in [5.41, 5.74) is 0.207. The molecule has 0 unspecified atom stereocenters. The van der Waals surface area contributed by atoms with Crippen molar-refractivity contribution >= 4 is 17.1 Å². The molecule has 4 N–H and O–H groups in total. The predicted octanol–water partition coefficient (Wildman–Crippen LogP) is -3.29. The number of morpholine rings is 1. The standard InChI is InChI=1S/C13H20N6O3/c1-17-10-9(11(20)18(2)13(17)21)15-12(16-10)14-3-4-19-5-7-22-8-6-19/h3-8H2,1-2H3,(H2,14,15,16)/p+2. The van der Waals surface area contributed by atoms with Gasteiger partial charge in [-0.05, 0) is 0 Å². The van der Waals surface area contributed by atoms with Gasteiger partial charge in [-0.1, -0.05) is 0 Å². The van der Waals surface area contributed by atoms with Crippen LogP contribution in [0.15, 0.2) is 9.59 Å². The zero-order valence-electron chi connectivity index (χ0n) is 12.9. The first-order valence-electron chi connectivity index (χ1n) is 7.44. The number of aryl methyl sites for hydroxylation is 1. The molecule has 3 heterocycles. The molecule has 120 valence electrons. The molecule has 0 atom stereocenters. The number of nitrogens with one attached hydrogen (secondary N) is 4. The SMILES string of the molecule is Cn1c(=O)c2[nH]c(NCC[NH+]3CCOCC3)[nH+]c2n(C)c1=O. The fourth-order valence-corrected chi connectivity index (χ4v) is 2.74. The van der Waals surface area contributed by atoms with Crippen molar-refractivity contribution in [3.63, 3.8) is 0 Å². The maximum atomic E-state index is 12.1. The summed E-state index contributed by atoms with van der Waals surface area (Å²) in [7, 11) is 3.11. The van der Waals surface area contributed by atoms with E-state index in [2.05, 4.69) is 15.3 Å². The van der Waals surface area contributed by atoms with Gasteiger partial charge in [-0.25, -0.2) is 14.3 Å². The van der Waals surface area contributed by atoms with E-state index in [1.165, 1.54) is 16.5 Å². The molecule has 0 bridgehead atoms. The number of fused-ring (bicyclic) bond motifs is 1. The van der Waals surface area contributed by atoms with Crippen LogP contribution in [0.1, 0.15) is 0 Å². The molecule has 0 aliphatic carbocycles. The Kier molecular flexibility index (Phi) is 3.99. The third kappa shape index (κ3) is 2.64. The Morgan fingerprint density at radius 1 is 1.27 bits per heavy atom. The van der Waals surface area contributed by atoms with Gasteiger partial charge in [-0.15, -0.1) is 0 Å². The van der Waals surface area contributed by atoms with E-state index in [4.69, 9.17) is 4.74 Å². The van der Waals surface area contributed by atoms with E-state index >= 15 is 0 Å².